The number of aliphatic hydroxyl groups excluding tert-OH is 1. The van der Waals surface area contributed by atoms with Gasteiger partial charge in [-0.05, 0) is 19.4 Å². The topological polar surface area (TPSA) is 72.9 Å². The van der Waals surface area contributed by atoms with Crippen molar-refractivity contribution < 1.29 is 13.5 Å². The Kier molecular flexibility index (Phi) is 6.51. The lowest BCUT2D eigenvalue weighted by Crippen LogP contribution is -2.41. The molecule has 0 radical (unpaired) electrons. The van der Waals surface area contributed by atoms with E-state index in [1.807, 2.05) is 13.8 Å². The van der Waals surface area contributed by atoms with E-state index in [4.69, 9.17) is 0 Å². The van der Waals surface area contributed by atoms with Crippen molar-refractivity contribution in [2.45, 2.75) is 32.8 Å². The van der Waals surface area contributed by atoms with E-state index in [1.54, 1.807) is 0 Å². The third-order valence-corrected chi connectivity index (χ3v) is 4.95. The molecule has 1 heterocycles. The third-order valence-electron chi connectivity index (χ3n) is 2.95. The molecule has 1 aliphatic rings. The van der Waals surface area contributed by atoms with E-state index in [1.165, 1.54) is 8.61 Å². The van der Waals surface area contributed by atoms with E-state index in [9.17, 15) is 13.5 Å². The van der Waals surface area contributed by atoms with Gasteiger partial charge in [-0.2, -0.15) is 17.0 Å². The van der Waals surface area contributed by atoms with E-state index in [0.717, 1.165) is 19.4 Å². The van der Waals surface area contributed by atoms with Crippen LogP contribution in [0.2, 0.25) is 0 Å². The fourth-order valence-electron chi connectivity index (χ4n) is 2.02. The summed E-state index contributed by atoms with van der Waals surface area (Å²) < 4.78 is 27.0. The summed E-state index contributed by atoms with van der Waals surface area (Å²) in [5, 5.41) is 12.9. The summed E-state index contributed by atoms with van der Waals surface area (Å²) in [5.74, 6) is 0. The number of nitrogens with one attached hydrogen (secondary N) is 1. The van der Waals surface area contributed by atoms with Gasteiger partial charge in [-0.25, -0.2) is 0 Å². The van der Waals surface area contributed by atoms with Crippen molar-refractivity contribution in [3.8, 4) is 0 Å². The SMILES string of the molecule is CCCNCC(O)CN1CCN(CCC)S1(=O)=O. The normalized spacial score (nSPS) is 22.4. The predicted octanol–water partition coefficient (Wildman–Crippen LogP) is -0.381. The fraction of sp³-hybridized carbons (Fsp3) is 1.00. The standard InChI is InChI=1S/C11H25N3O3S/c1-3-5-12-9-11(15)10-14-8-7-13(6-4-2)18(14,16)17/h11-12,15H,3-10H2,1-2H3. The molecule has 18 heavy (non-hydrogen) atoms. The number of hydrogen-bond acceptors (Lipinski definition) is 4. The van der Waals surface area contributed by atoms with Crippen LogP contribution in [0.4, 0.5) is 0 Å². The van der Waals surface area contributed by atoms with Gasteiger partial charge >= 0.3 is 0 Å². The Balaban J connectivity index is 2.43. The van der Waals surface area contributed by atoms with Crippen LogP contribution < -0.4 is 5.32 Å². The summed E-state index contributed by atoms with van der Waals surface area (Å²) in [7, 11) is -3.34. The van der Waals surface area contributed by atoms with Crippen molar-refractivity contribution in [1.82, 2.24) is 13.9 Å². The van der Waals surface area contributed by atoms with Crippen LogP contribution in [0.3, 0.4) is 0 Å². The first-order chi connectivity index (χ1) is 8.52. The zero-order valence-corrected chi connectivity index (χ0v) is 12.1. The minimum Gasteiger partial charge on any atom is -0.390 e. The lowest BCUT2D eigenvalue weighted by atomic mass is 10.3. The van der Waals surface area contributed by atoms with Gasteiger partial charge in [0.15, 0.2) is 0 Å². The molecule has 0 saturated carbocycles. The molecule has 1 unspecified atom stereocenters. The molecule has 0 aromatic carbocycles. The zero-order chi connectivity index (χ0) is 13.6. The van der Waals surface area contributed by atoms with Gasteiger partial charge in [0.2, 0.25) is 0 Å². The fourth-order valence-corrected chi connectivity index (χ4v) is 3.75. The minimum absolute atomic E-state index is 0.180. The van der Waals surface area contributed by atoms with Crippen LogP contribution in [-0.2, 0) is 10.2 Å². The summed E-state index contributed by atoms with van der Waals surface area (Å²) >= 11 is 0. The van der Waals surface area contributed by atoms with Crippen molar-refractivity contribution in [1.29, 1.82) is 0 Å². The average Bonchev–Trinajstić information content (AvgIpc) is 2.57. The number of hydrogen-bond donors (Lipinski definition) is 2. The molecule has 1 saturated heterocycles. The van der Waals surface area contributed by atoms with Crippen LogP contribution in [0.1, 0.15) is 26.7 Å². The Morgan fingerprint density at radius 3 is 2.50 bits per heavy atom. The van der Waals surface area contributed by atoms with Crippen molar-refractivity contribution >= 4 is 10.2 Å². The largest absolute Gasteiger partial charge is 0.390 e. The maximum absolute atomic E-state index is 12.1. The van der Waals surface area contributed by atoms with Gasteiger partial charge in [0.25, 0.3) is 10.2 Å². The molecule has 1 aliphatic heterocycles. The molecule has 6 nitrogen and oxygen atoms in total. The lowest BCUT2D eigenvalue weighted by molar-refractivity contribution is 0.147. The van der Waals surface area contributed by atoms with E-state index in [-0.39, 0.29) is 6.54 Å². The molecular weight excluding hydrogens is 254 g/mol. The molecule has 1 rings (SSSR count). The first-order valence-corrected chi connectivity index (χ1v) is 8.06. The molecule has 0 aliphatic carbocycles. The number of rotatable bonds is 8. The first-order valence-electron chi connectivity index (χ1n) is 6.66. The molecule has 0 spiro atoms. The van der Waals surface area contributed by atoms with Crippen LogP contribution in [0.25, 0.3) is 0 Å². The molecule has 0 aromatic heterocycles. The number of β-amino-alcohol motifs (C(OH)–C–C–N with tert-alkyl or cyclic N) is 1. The monoisotopic (exact) mass is 279 g/mol. The van der Waals surface area contributed by atoms with Gasteiger partial charge in [-0.3, -0.25) is 0 Å². The Morgan fingerprint density at radius 2 is 1.89 bits per heavy atom. The molecule has 0 bridgehead atoms. The van der Waals surface area contributed by atoms with Gasteiger partial charge in [0.05, 0.1) is 6.10 Å². The molecule has 0 aromatic rings. The highest BCUT2D eigenvalue weighted by Gasteiger charge is 2.36. The highest BCUT2D eigenvalue weighted by atomic mass is 32.2. The summed E-state index contributed by atoms with van der Waals surface area (Å²) in [6.45, 7) is 7.04. The average molecular weight is 279 g/mol. The highest BCUT2D eigenvalue weighted by molar-refractivity contribution is 7.87. The second-order valence-electron chi connectivity index (χ2n) is 4.62. The van der Waals surface area contributed by atoms with Crippen molar-refractivity contribution in [2.75, 3.05) is 39.3 Å². The van der Waals surface area contributed by atoms with Crippen LogP contribution in [0.15, 0.2) is 0 Å². The van der Waals surface area contributed by atoms with Gasteiger partial charge in [0.1, 0.15) is 0 Å². The van der Waals surface area contributed by atoms with Crippen molar-refractivity contribution in [2.24, 2.45) is 0 Å². The van der Waals surface area contributed by atoms with E-state index in [0.29, 0.717) is 26.2 Å². The maximum Gasteiger partial charge on any atom is 0.282 e. The van der Waals surface area contributed by atoms with Crippen LogP contribution >= 0.6 is 0 Å². The molecule has 108 valence electrons. The molecule has 2 N–H and O–H groups in total. The van der Waals surface area contributed by atoms with Crippen LogP contribution in [-0.4, -0.2) is 67.5 Å². The molecule has 0 amide bonds. The van der Waals surface area contributed by atoms with Crippen molar-refractivity contribution in [3.63, 3.8) is 0 Å². The molecule has 1 fully saturated rings. The smallest absolute Gasteiger partial charge is 0.282 e. The van der Waals surface area contributed by atoms with Crippen molar-refractivity contribution in [3.05, 3.63) is 0 Å². The van der Waals surface area contributed by atoms with Crippen LogP contribution in [0, 0.1) is 0 Å². The van der Waals surface area contributed by atoms with Gasteiger partial charge < -0.3 is 10.4 Å². The molecule has 7 heteroatoms. The number of nitrogens with zero attached hydrogens (tertiary/aromatic N) is 2. The van der Waals surface area contributed by atoms with E-state index >= 15 is 0 Å². The van der Waals surface area contributed by atoms with Gasteiger partial charge in [-0.1, -0.05) is 13.8 Å². The second kappa shape index (κ2) is 7.40. The Hall–Kier alpha value is -0.210. The van der Waals surface area contributed by atoms with Gasteiger partial charge in [-0.15, -0.1) is 0 Å². The maximum atomic E-state index is 12.1. The summed E-state index contributed by atoms with van der Waals surface area (Å²) in [5.41, 5.74) is 0. The zero-order valence-electron chi connectivity index (χ0n) is 11.3. The predicted molar refractivity (Wildman–Crippen MR) is 71.5 cm³/mol. The summed E-state index contributed by atoms with van der Waals surface area (Å²) in [6, 6.07) is 0. The summed E-state index contributed by atoms with van der Waals surface area (Å²) in [6.07, 6.45) is 1.17. The highest BCUT2D eigenvalue weighted by Crippen LogP contribution is 2.16. The van der Waals surface area contributed by atoms with E-state index in [2.05, 4.69) is 5.32 Å². The van der Waals surface area contributed by atoms with Crippen LogP contribution in [0.5, 0.6) is 0 Å². The Morgan fingerprint density at radius 1 is 1.22 bits per heavy atom. The lowest BCUT2D eigenvalue weighted by Gasteiger charge is -2.21. The number of aliphatic hydroxyl groups is 1. The van der Waals surface area contributed by atoms with Gasteiger partial charge in [0, 0.05) is 32.7 Å². The quantitative estimate of drug-likeness (QED) is 0.594. The summed E-state index contributed by atoms with van der Waals surface area (Å²) in [4.78, 5) is 0. The minimum atomic E-state index is -3.34. The third kappa shape index (κ3) is 4.17. The molecule has 1 atom stereocenters. The second-order valence-corrected chi connectivity index (χ2v) is 6.55. The Labute approximate surface area is 110 Å². The van der Waals surface area contributed by atoms with E-state index < -0.39 is 16.3 Å². The molecular formula is C11H25N3O3S. The Bertz CT molecular complexity index is 334. The first kappa shape index (κ1) is 15.8.